The van der Waals surface area contributed by atoms with Crippen LogP contribution in [-0.4, -0.2) is 18.4 Å². The Morgan fingerprint density at radius 2 is 2.17 bits per heavy atom. The van der Waals surface area contributed by atoms with Gasteiger partial charge in [-0.1, -0.05) is 25.2 Å². The molecule has 3 nitrogen and oxygen atoms in total. The van der Waals surface area contributed by atoms with Crippen molar-refractivity contribution in [2.75, 3.05) is 6.61 Å². The van der Waals surface area contributed by atoms with Crippen molar-refractivity contribution in [3.05, 3.63) is 24.8 Å². The van der Waals surface area contributed by atoms with E-state index in [-0.39, 0.29) is 5.78 Å². The topological polar surface area (TPSA) is 43.4 Å². The number of Topliss-reactive ketones (excluding diaryl/α,β-unsaturated/α-hetero) is 1. The van der Waals surface area contributed by atoms with E-state index in [1.165, 1.54) is 0 Å². The van der Waals surface area contributed by atoms with Crippen molar-refractivity contribution in [3.63, 3.8) is 0 Å². The lowest BCUT2D eigenvalue weighted by Crippen LogP contribution is -2.44. The van der Waals surface area contributed by atoms with Gasteiger partial charge < -0.3 is 4.74 Å². The fourth-order valence-corrected chi connectivity index (χ4v) is 2.49. The van der Waals surface area contributed by atoms with Gasteiger partial charge in [-0.15, -0.1) is 6.58 Å². The molecule has 0 spiro atoms. The Morgan fingerprint density at radius 1 is 1.50 bits per heavy atom. The number of ether oxygens (including phenoxy) is 1. The van der Waals surface area contributed by atoms with Gasteiger partial charge in [0.2, 0.25) is 0 Å². The number of hydrogen-bond acceptors (Lipinski definition) is 3. The summed E-state index contributed by atoms with van der Waals surface area (Å²) in [5.41, 5.74) is -1.51. The van der Waals surface area contributed by atoms with E-state index in [0.29, 0.717) is 19.4 Å². The standard InChI is InChI=1S/C15H22O3/c1-5-7-8-10-14(3)11-9-12(16)15(14,4)13(17)18-6-2/h5,8,10H,1,6-7,9,11H2,2-4H3/b10-8+. The number of esters is 1. The summed E-state index contributed by atoms with van der Waals surface area (Å²) in [6, 6.07) is 0. The maximum Gasteiger partial charge on any atom is 0.320 e. The second-order valence-electron chi connectivity index (χ2n) is 5.11. The monoisotopic (exact) mass is 250 g/mol. The molecule has 0 aromatic heterocycles. The molecule has 1 saturated carbocycles. The first-order chi connectivity index (χ1) is 8.42. The van der Waals surface area contributed by atoms with Crippen molar-refractivity contribution in [2.45, 2.75) is 40.0 Å². The van der Waals surface area contributed by atoms with Gasteiger partial charge in [0.05, 0.1) is 6.61 Å². The molecule has 18 heavy (non-hydrogen) atoms. The molecule has 0 radical (unpaired) electrons. The van der Waals surface area contributed by atoms with Crippen molar-refractivity contribution >= 4 is 11.8 Å². The van der Waals surface area contributed by atoms with Crippen LogP contribution in [0, 0.1) is 10.8 Å². The van der Waals surface area contributed by atoms with Crippen LogP contribution in [0.25, 0.3) is 0 Å². The minimum absolute atomic E-state index is 0.0216. The molecule has 1 aliphatic carbocycles. The number of carbonyl (C=O) groups is 2. The molecule has 1 fully saturated rings. The molecular formula is C15H22O3. The molecule has 1 rings (SSSR count). The van der Waals surface area contributed by atoms with Gasteiger partial charge in [0, 0.05) is 11.8 Å². The Labute approximate surface area is 109 Å². The lowest BCUT2D eigenvalue weighted by Gasteiger charge is -2.35. The van der Waals surface area contributed by atoms with E-state index in [9.17, 15) is 9.59 Å². The number of carbonyl (C=O) groups excluding carboxylic acids is 2. The van der Waals surface area contributed by atoms with Crippen LogP contribution >= 0.6 is 0 Å². The summed E-state index contributed by atoms with van der Waals surface area (Å²) in [6.45, 7) is 9.37. The van der Waals surface area contributed by atoms with Crippen LogP contribution in [0.4, 0.5) is 0 Å². The number of hydrogen-bond donors (Lipinski definition) is 0. The van der Waals surface area contributed by atoms with Crippen molar-refractivity contribution in [3.8, 4) is 0 Å². The maximum atomic E-state index is 12.1. The third-order valence-corrected chi connectivity index (χ3v) is 4.04. The van der Waals surface area contributed by atoms with Gasteiger partial charge in [-0.2, -0.15) is 0 Å². The molecular weight excluding hydrogens is 228 g/mol. The van der Waals surface area contributed by atoms with E-state index in [0.717, 1.165) is 6.42 Å². The van der Waals surface area contributed by atoms with Gasteiger partial charge >= 0.3 is 5.97 Å². The second-order valence-corrected chi connectivity index (χ2v) is 5.11. The van der Waals surface area contributed by atoms with E-state index in [2.05, 4.69) is 6.58 Å². The second kappa shape index (κ2) is 5.51. The largest absolute Gasteiger partial charge is 0.465 e. The van der Waals surface area contributed by atoms with Crippen molar-refractivity contribution in [1.82, 2.24) is 0 Å². The average Bonchev–Trinajstić information content (AvgIpc) is 2.56. The van der Waals surface area contributed by atoms with Crippen molar-refractivity contribution in [2.24, 2.45) is 10.8 Å². The predicted molar refractivity (Wildman–Crippen MR) is 71.0 cm³/mol. The van der Waals surface area contributed by atoms with E-state index in [1.54, 1.807) is 19.9 Å². The zero-order chi connectivity index (χ0) is 13.8. The molecule has 0 amide bonds. The minimum Gasteiger partial charge on any atom is -0.465 e. The molecule has 0 bridgehead atoms. The Hall–Kier alpha value is -1.38. The number of rotatable bonds is 5. The van der Waals surface area contributed by atoms with E-state index in [1.807, 2.05) is 19.1 Å². The van der Waals surface area contributed by atoms with Crippen LogP contribution in [-0.2, 0) is 14.3 Å². The molecule has 0 aromatic rings. The van der Waals surface area contributed by atoms with Gasteiger partial charge in [0.15, 0.2) is 5.78 Å². The van der Waals surface area contributed by atoms with Crippen LogP contribution in [0.15, 0.2) is 24.8 Å². The molecule has 0 heterocycles. The smallest absolute Gasteiger partial charge is 0.320 e. The van der Waals surface area contributed by atoms with Crippen LogP contribution in [0.3, 0.4) is 0 Å². The summed E-state index contributed by atoms with van der Waals surface area (Å²) in [5, 5.41) is 0. The maximum absolute atomic E-state index is 12.1. The summed E-state index contributed by atoms with van der Waals surface area (Å²) in [5.74, 6) is -0.426. The summed E-state index contributed by atoms with van der Waals surface area (Å²) >= 11 is 0. The summed E-state index contributed by atoms with van der Waals surface area (Å²) < 4.78 is 5.09. The first-order valence-corrected chi connectivity index (χ1v) is 6.41. The normalized spacial score (nSPS) is 31.8. The molecule has 1 aliphatic rings. The van der Waals surface area contributed by atoms with Crippen LogP contribution in [0.2, 0.25) is 0 Å². The van der Waals surface area contributed by atoms with Crippen molar-refractivity contribution in [1.29, 1.82) is 0 Å². The highest BCUT2D eigenvalue weighted by molar-refractivity contribution is 6.06. The van der Waals surface area contributed by atoms with Crippen molar-refractivity contribution < 1.29 is 14.3 Å². The fraction of sp³-hybridized carbons (Fsp3) is 0.600. The average molecular weight is 250 g/mol. The van der Waals surface area contributed by atoms with Gasteiger partial charge in [0.25, 0.3) is 0 Å². The van der Waals surface area contributed by atoms with Gasteiger partial charge in [-0.25, -0.2) is 0 Å². The van der Waals surface area contributed by atoms with Gasteiger partial charge in [-0.3, -0.25) is 9.59 Å². The summed E-state index contributed by atoms with van der Waals surface area (Å²) in [6.07, 6.45) is 7.58. The predicted octanol–water partition coefficient (Wildman–Crippen LogP) is 3.06. The van der Waals surface area contributed by atoms with E-state index < -0.39 is 16.8 Å². The first-order valence-electron chi connectivity index (χ1n) is 6.41. The first kappa shape index (κ1) is 14.7. The highest BCUT2D eigenvalue weighted by Gasteiger charge is 2.59. The Balaban J connectivity index is 3.06. The SMILES string of the molecule is C=CC/C=C/C1(C)CCC(=O)C1(C)C(=O)OCC. The Bertz CT molecular complexity index is 383. The molecule has 3 heteroatoms. The third kappa shape index (κ3) is 2.26. The Kier molecular flexibility index (Phi) is 4.49. The van der Waals surface area contributed by atoms with E-state index >= 15 is 0 Å². The van der Waals surface area contributed by atoms with Gasteiger partial charge in [-0.05, 0) is 26.7 Å². The highest BCUT2D eigenvalue weighted by Crippen LogP contribution is 2.52. The lowest BCUT2D eigenvalue weighted by molar-refractivity contribution is -0.162. The molecule has 0 N–H and O–H groups in total. The molecule has 0 saturated heterocycles. The minimum atomic E-state index is -1.05. The molecule has 0 aliphatic heterocycles. The molecule has 2 atom stereocenters. The summed E-state index contributed by atoms with van der Waals surface area (Å²) in [7, 11) is 0. The number of allylic oxidation sites excluding steroid dienone is 3. The van der Waals surface area contributed by atoms with Crippen LogP contribution in [0.1, 0.15) is 40.0 Å². The Morgan fingerprint density at radius 3 is 2.72 bits per heavy atom. The number of ketones is 1. The van der Waals surface area contributed by atoms with Crippen LogP contribution < -0.4 is 0 Å². The molecule has 100 valence electrons. The van der Waals surface area contributed by atoms with Gasteiger partial charge in [0.1, 0.15) is 5.41 Å². The van der Waals surface area contributed by atoms with Crippen LogP contribution in [0.5, 0.6) is 0 Å². The molecule has 0 aromatic carbocycles. The molecule has 2 unspecified atom stereocenters. The lowest BCUT2D eigenvalue weighted by atomic mass is 9.67. The highest BCUT2D eigenvalue weighted by atomic mass is 16.5. The quantitative estimate of drug-likeness (QED) is 0.428. The fourth-order valence-electron chi connectivity index (χ4n) is 2.49. The summed E-state index contributed by atoms with van der Waals surface area (Å²) in [4.78, 5) is 24.2. The van der Waals surface area contributed by atoms with E-state index in [4.69, 9.17) is 4.74 Å². The third-order valence-electron chi connectivity index (χ3n) is 4.04. The zero-order valence-electron chi connectivity index (χ0n) is 11.5. The zero-order valence-corrected chi connectivity index (χ0v) is 11.5.